The molecule has 0 atom stereocenters. The Morgan fingerprint density at radius 3 is 2.79 bits per heavy atom. The van der Waals surface area contributed by atoms with Gasteiger partial charge in [0, 0.05) is 17.8 Å². The van der Waals surface area contributed by atoms with E-state index in [2.05, 4.69) is 27.2 Å². The summed E-state index contributed by atoms with van der Waals surface area (Å²) in [5, 5.41) is 4.09. The molecule has 1 N–H and O–H groups in total. The van der Waals surface area contributed by atoms with Gasteiger partial charge in [0.05, 0.1) is 24.0 Å². The zero-order valence-electron chi connectivity index (χ0n) is 11.0. The lowest BCUT2D eigenvalue weighted by molar-refractivity contribution is 0.368. The van der Waals surface area contributed by atoms with Crippen LogP contribution in [-0.4, -0.2) is 28.6 Å². The van der Waals surface area contributed by atoms with E-state index in [4.69, 9.17) is 4.74 Å². The fraction of sp³-hybridized carbons (Fsp3) is 0.417. The molecule has 2 aromatic heterocycles. The lowest BCUT2D eigenvalue weighted by Crippen LogP contribution is -2.09. The summed E-state index contributed by atoms with van der Waals surface area (Å²) in [6.45, 7) is 4.69. The Morgan fingerprint density at radius 2 is 2.16 bits per heavy atom. The van der Waals surface area contributed by atoms with Gasteiger partial charge < -0.3 is 10.1 Å². The molecule has 0 unspecified atom stereocenters. The first-order valence-electron chi connectivity index (χ1n) is 5.83. The van der Waals surface area contributed by atoms with Gasteiger partial charge in [-0.1, -0.05) is 0 Å². The van der Waals surface area contributed by atoms with E-state index in [-0.39, 0.29) is 5.88 Å². The molecule has 0 bridgehead atoms. The Hall–Kier alpha value is -1.76. The molecule has 0 aliphatic carbocycles. The molecular formula is C12H15FN4OS. The van der Waals surface area contributed by atoms with E-state index in [1.807, 2.05) is 6.92 Å². The minimum absolute atomic E-state index is 0.0570. The van der Waals surface area contributed by atoms with Gasteiger partial charge in [-0.25, -0.2) is 9.97 Å². The van der Waals surface area contributed by atoms with Crippen LogP contribution in [0.15, 0.2) is 6.20 Å². The molecule has 2 aromatic rings. The molecule has 0 saturated heterocycles. The van der Waals surface area contributed by atoms with E-state index in [9.17, 15) is 4.39 Å². The van der Waals surface area contributed by atoms with Gasteiger partial charge in [-0.05, 0) is 13.8 Å². The lowest BCUT2D eigenvalue weighted by Gasteiger charge is -2.05. The van der Waals surface area contributed by atoms with Gasteiger partial charge in [0.15, 0.2) is 0 Å². The highest BCUT2D eigenvalue weighted by molar-refractivity contribution is 7.11. The first-order chi connectivity index (χ1) is 9.10. The Bertz CT molecular complexity index is 553. The maximum Gasteiger partial charge on any atom is 0.255 e. The molecule has 0 aliphatic heterocycles. The van der Waals surface area contributed by atoms with Crippen molar-refractivity contribution in [1.29, 1.82) is 0 Å². The molecule has 5 nitrogen and oxygen atoms in total. The number of methoxy groups -OCH3 is 1. The first kappa shape index (κ1) is 13.7. The second-order valence-electron chi connectivity index (χ2n) is 3.98. The lowest BCUT2D eigenvalue weighted by atomic mass is 10.4. The third-order valence-corrected chi connectivity index (χ3v) is 3.73. The summed E-state index contributed by atoms with van der Waals surface area (Å²) in [5.74, 6) is -0.277. The normalized spacial score (nSPS) is 10.5. The number of nitrogens with zero attached hydrogens (tertiary/aromatic N) is 3. The summed E-state index contributed by atoms with van der Waals surface area (Å²) in [6.07, 6.45) is 1.87. The summed E-state index contributed by atoms with van der Waals surface area (Å²) in [7, 11) is 1.37. The number of hydrogen-bond donors (Lipinski definition) is 1. The van der Waals surface area contributed by atoms with E-state index in [1.54, 1.807) is 11.3 Å². The van der Waals surface area contributed by atoms with Crippen molar-refractivity contribution in [3.05, 3.63) is 27.6 Å². The van der Waals surface area contributed by atoms with Crippen molar-refractivity contribution in [3.63, 3.8) is 0 Å². The molecule has 0 spiro atoms. The van der Waals surface area contributed by atoms with Crippen LogP contribution >= 0.6 is 11.3 Å². The van der Waals surface area contributed by atoms with Crippen molar-refractivity contribution >= 4 is 17.3 Å². The van der Waals surface area contributed by atoms with E-state index in [0.717, 1.165) is 23.3 Å². The predicted molar refractivity (Wildman–Crippen MR) is 72.3 cm³/mol. The Morgan fingerprint density at radius 1 is 1.37 bits per heavy atom. The van der Waals surface area contributed by atoms with Crippen molar-refractivity contribution in [1.82, 2.24) is 15.0 Å². The van der Waals surface area contributed by atoms with Crippen molar-refractivity contribution in [2.24, 2.45) is 0 Å². The summed E-state index contributed by atoms with van der Waals surface area (Å²) < 4.78 is 17.9. The van der Waals surface area contributed by atoms with Crippen molar-refractivity contribution < 1.29 is 9.13 Å². The van der Waals surface area contributed by atoms with Gasteiger partial charge in [-0.2, -0.15) is 9.37 Å². The van der Waals surface area contributed by atoms with Gasteiger partial charge in [-0.3, -0.25) is 0 Å². The van der Waals surface area contributed by atoms with Crippen LogP contribution in [0, 0.1) is 19.7 Å². The van der Waals surface area contributed by atoms with Crippen LogP contribution < -0.4 is 10.1 Å². The van der Waals surface area contributed by atoms with E-state index in [0.29, 0.717) is 12.5 Å². The molecule has 102 valence electrons. The maximum atomic E-state index is 13.1. The fourth-order valence-electron chi connectivity index (χ4n) is 1.51. The number of halogens is 1. The van der Waals surface area contributed by atoms with Crippen molar-refractivity contribution in [3.8, 4) is 5.88 Å². The van der Waals surface area contributed by atoms with Crippen LogP contribution in [0.2, 0.25) is 0 Å². The van der Waals surface area contributed by atoms with Gasteiger partial charge in [0.25, 0.3) is 5.88 Å². The number of anilines is 1. The summed E-state index contributed by atoms with van der Waals surface area (Å²) in [6, 6.07) is 0. The molecule has 2 rings (SSSR count). The van der Waals surface area contributed by atoms with Crippen LogP contribution in [0.4, 0.5) is 10.3 Å². The summed E-state index contributed by atoms with van der Waals surface area (Å²) >= 11 is 1.68. The van der Waals surface area contributed by atoms with Gasteiger partial charge >= 0.3 is 0 Å². The maximum absolute atomic E-state index is 13.1. The molecule has 19 heavy (non-hydrogen) atoms. The Balaban J connectivity index is 1.92. The van der Waals surface area contributed by atoms with E-state index < -0.39 is 5.82 Å². The molecule has 7 heteroatoms. The smallest absolute Gasteiger partial charge is 0.255 e. The topological polar surface area (TPSA) is 59.9 Å². The third kappa shape index (κ3) is 3.37. The monoisotopic (exact) mass is 282 g/mol. The van der Waals surface area contributed by atoms with Gasteiger partial charge in [-0.15, -0.1) is 11.3 Å². The van der Waals surface area contributed by atoms with Gasteiger partial charge in [0.2, 0.25) is 11.8 Å². The quantitative estimate of drug-likeness (QED) is 0.912. The Labute approximate surface area is 114 Å². The second kappa shape index (κ2) is 5.92. The SMILES string of the molecule is COc1nc(NCCc2nc(C)c(C)s2)ncc1F. The Kier molecular flexibility index (Phi) is 4.26. The summed E-state index contributed by atoms with van der Waals surface area (Å²) in [5.41, 5.74) is 1.07. The molecule has 0 saturated carbocycles. The van der Waals surface area contributed by atoms with E-state index >= 15 is 0 Å². The minimum atomic E-state index is -0.570. The number of ether oxygens (including phenoxy) is 1. The second-order valence-corrected chi connectivity index (χ2v) is 5.26. The van der Waals surface area contributed by atoms with Crippen LogP contribution in [-0.2, 0) is 6.42 Å². The highest BCUT2D eigenvalue weighted by atomic mass is 32.1. The van der Waals surface area contributed by atoms with Gasteiger partial charge in [0.1, 0.15) is 0 Å². The molecule has 0 fully saturated rings. The number of rotatable bonds is 5. The molecule has 0 radical (unpaired) electrons. The first-order valence-corrected chi connectivity index (χ1v) is 6.65. The largest absolute Gasteiger partial charge is 0.479 e. The van der Waals surface area contributed by atoms with Crippen LogP contribution in [0.5, 0.6) is 5.88 Å². The number of hydrogen-bond acceptors (Lipinski definition) is 6. The highest BCUT2D eigenvalue weighted by Crippen LogP contribution is 2.17. The number of aryl methyl sites for hydroxylation is 2. The number of nitrogens with one attached hydrogen (secondary N) is 1. The zero-order valence-corrected chi connectivity index (χ0v) is 11.8. The minimum Gasteiger partial charge on any atom is -0.479 e. The van der Waals surface area contributed by atoms with Crippen molar-refractivity contribution in [2.45, 2.75) is 20.3 Å². The molecule has 0 aromatic carbocycles. The zero-order chi connectivity index (χ0) is 13.8. The number of aromatic nitrogens is 3. The summed E-state index contributed by atoms with van der Waals surface area (Å²) in [4.78, 5) is 13.4. The van der Waals surface area contributed by atoms with Crippen LogP contribution in [0.25, 0.3) is 0 Å². The number of thiazole rings is 1. The van der Waals surface area contributed by atoms with E-state index in [1.165, 1.54) is 12.0 Å². The molecule has 0 amide bonds. The molecule has 2 heterocycles. The fourth-order valence-corrected chi connectivity index (χ4v) is 2.44. The standard InChI is InChI=1S/C12H15FN4OS/c1-7-8(2)19-10(16-7)4-5-14-12-15-6-9(13)11(17-12)18-3/h6H,4-5H2,1-3H3,(H,14,15,17). The molecule has 0 aliphatic rings. The van der Waals surface area contributed by atoms with Crippen molar-refractivity contribution in [2.75, 3.05) is 19.0 Å². The van der Waals surface area contributed by atoms with Crippen LogP contribution in [0.3, 0.4) is 0 Å². The predicted octanol–water partition coefficient (Wildman–Crippen LogP) is 2.35. The molecular weight excluding hydrogens is 267 g/mol. The van der Waals surface area contributed by atoms with Crippen LogP contribution in [0.1, 0.15) is 15.6 Å². The average Bonchev–Trinajstić information content (AvgIpc) is 2.71. The highest BCUT2D eigenvalue weighted by Gasteiger charge is 2.07. The average molecular weight is 282 g/mol. The third-order valence-electron chi connectivity index (χ3n) is 2.60.